The number of carbonyl (C=O) groups excluding carboxylic acids is 1. The number of methoxy groups -OCH3 is 1. The highest BCUT2D eigenvalue weighted by molar-refractivity contribution is 7.08. The second-order valence-electron chi connectivity index (χ2n) is 5.02. The van der Waals surface area contributed by atoms with E-state index in [1.54, 1.807) is 42.5 Å². The van der Waals surface area contributed by atoms with Crippen molar-refractivity contribution in [3.63, 3.8) is 0 Å². The third-order valence-corrected chi connectivity index (χ3v) is 4.17. The molecule has 2 aromatic rings. The SMILES string of the molecule is CO[C@](C)(CNC(=O)/C=C/c1ccsc1)c1ccccc1F. The van der Waals surface area contributed by atoms with Gasteiger partial charge in [-0.3, -0.25) is 4.79 Å². The molecule has 0 fully saturated rings. The van der Waals surface area contributed by atoms with Crippen LogP contribution in [0.15, 0.2) is 47.2 Å². The molecule has 1 aromatic heterocycles. The summed E-state index contributed by atoms with van der Waals surface area (Å²) < 4.78 is 19.4. The summed E-state index contributed by atoms with van der Waals surface area (Å²) in [6.07, 6.45) is 3.19. The number of benzene rings is 1. The van der Waals surface area contributed by atoms with E-state index in [2.05, 4.69) is 5.32 Å². The van der Waals surface area contributed by atoms with Crippen LogP contribution < -0.4 is 5.32 Å². The maximum atomic E-state index is 13.9. The minimum Gasteiger partial charge on any atom is -0.372 e. The fourth-order valence-electron chi connectivity index (χ4n) is 2.02. The number of amides is 1. The molecule has 3 nitrogen and oxygen atoms in total. The summed E-state index contributed by atoms with van der Waals surface area (Å²) in [6.45, 7) is 1.92. The maximum Gasteiger partial charge on any atom is 0.244 e. The van der Waals surface area contributed by atoms with Gasteiger partial charge < -0.3 is 10.1 Å². The third kappa shape index (κ3) is 4.02. The fraction of sp³-hybridized carbons (Fsp3) is 0.235. The van der Waals surface area contributed by atoms with Gasteiger partial charge in [0.15, 0.2) is 0 Å². The highest BCUT2D eigenvalue weighted by Crippen LogP contribution is 2.26. The van der Waals surface area contributed by atoms with E-state index in [0.717, 1.165) is 5.56 Å². The van der Waals surface area contributed by atoms with Gasteiger partial charge in [0.25, 0.3) is 0 Å². The summed E-state index contributed by atoms with van der Waals surface area (Å²) in [5.74, 6) is -0.597. The zero-order valence-corrected chi connectivity index (χ0v) is 13.3. The van der Waals surface area contributed by atoms with Crippen molar-refractivity contribution in [1.82, 2.24) is 5.32 Å². The molecule has 0 unspecified atom stereocenters. The van der Waals surface area contributed by atoms with Crippen LogP contribution in [0.1, 0.15) is 18.1 Å². The fourth-order valence-corrected chi connectivity index (χ4v) is 2.65. The number of hydrogen-bond acceptors (Lipinski definition) is 3. The van der Waals surface area contributed by atoms with Gasteiger partial charge in [-0.05, 0) is 41.5 Å². The van der Waals surface area contributed by atoms with Crippen molar-refractivity contribution in [1.29, 1.82) is 0 Å². The summed E-state index contributed by atoms with van der Waals surface area (Å²) in [6, 6.07) is 8.33. The lowest BCUT2D eigenvalue weighted by Gasteiger charge is -2.29. The van der Waals surface area contributed by atoms with Crippen molar-refractivity contribution in [2.75, 3.05) is 13.7 Å². The predicted octanol–water partition coefficient (Wildman–Crippen LogP) is 3.58. The molecule has 2 rings (SSSR count). The molecule has 22 heavy (non-hydrogen) atoms. The number of hydrogen-bond donors (Lipinski definition) is 1. The van der Waals surface area contributed by atoms with Gasteiger partial charge in [0.05, 0.1) is 6.54 Å². The highest BCUT2D eigenvalue weighted by Gasteiger charge is 2.29. The largest absolute Gasteiger partial charge is 0.372 e. The Bertz CT molecular complexity index is 654. The Morgan fingerprint density at radius 3 is 2.82 bits per heavy atom. The molecule has 0 saturated carbocycles. The van der Waals surface area contributed by atoms with Crippen LogP contribution in [0.3, 0.4) is 0 Å². The molecule has 1 atom stereocenters. The molecule has 1 heterocycles. The molecule has 0 aliphatic heterocycles. The van der Waals surface area contributed by atoms with E-state index in [4.69, 9.17) is 4.74 Å². The molecule has 0 saturated heterocycles. The Hall–Kier alpha value is -1.98. The number of carbonyl (C=O) groups is 1. The molecule has 5 heteroatoms. The van der Waals surface area contributed by atoms with Gasteiger partial charge in [-0.2, -0.15) is 11.3 Å². The smallest absolute Gasteiger partial charge is 0.244 e. The van der Waals surface area contributed by atoms with Gasteiger partial charge in [-0.25, -0.2) is 4.39 Å². The maximum absolute atomic E-state index is 13.9. The highest BCUT2D eigenvalue weighted by atomic mass is 32.1. The lowest BCUT2D eigenvalue weighted by Crippen LogP contribution is -2.40. The van der Waals surface area contributed by atoms with Crippen molar-refractivity contribution < 1.29 is 13.9 Å². The first-order valence-electron chi connectivity index (χ1n) is 6.83. The first-order valence-corrected chi connectivity index (χ1v) is 7.78. The minimum atomic E-state index is -0.919. The van der Waals surface area contributed by atoms with E-state index in [9.17, 15) is 9.18 Å². The summed E-state index contributed by atoms with van der Waals surface area (Å²) in [7, 11) is 1.50. The Kier molecular flexibility index (Phi) is 5.46. The van der Waals surface area contributed by atoms with Gasteiger partial charge in [0.2, 0.25) is 5.91 Å². The molecule has 0 spiro atoms. The van der Waals surface area contributed by atoms with Crippen LogP contribution in [0.25, 0.3) is 6.08 Å². The molecular weight excluding hydrogens is 301 g/mol. The van der Waals surface area contributed by atoms with Crippen LogP contribution in [0.4, 0.5) is 4.39 Å². The van der Waals surface area contributed by atoms with Crippen molar-refractivity contribution >= 4 is 23.3 Å². The molecule has 1 amide bonds. The van der Waals surface area contributed by atoms with Gasteiger partial charge in [-0.15, -0.1) is 0 Å². The topological polar surface area (TPSA) is 38.3 Å². The zero-order valence-electron chi connectivity index (χ0n) is 12.5. The van der Waals surface area contributed by atoms with Gasteiger partial charge in [-0.1, -0.05) is 18.2 Å². The number of rotatable bonds is 6. The average Bonchev–Trinajstić information content (AvgIpc) is 3.04. The van der Waals surface area contributed by atoms with Gasteiger partial charge >= 0.3 is 0 Å². The van der Waals surface area contributed by atoms with E-state index in [0.29, 0.717) is 5.56 Å². The zero-order chi connectivity index (χ0) is 16.0. The second kappa shape index (κ2) is 7.33. The van der Waals surface area contributed by atoms with Crippen LogP contribution in [0.5, 0.6) is 0 Å². The molecule has 0 radical (unpaired) electrons. The molecule has 0 aliphatic carbocycles. The average molecular weight is 319 g/mol. The Labute approximate surface area is 133 Å². The molecule has 1 aromatic carbocycles. The van der Waals surface area contributed by atoms with Crippen molar-refractivity contribution in [2.24, 2.45) is 0 Å². The molecule has 0 aliphatic rings. The van der Waals surface area contributed by atoms with Crippen LogP contribution in [-0.4, -0.2) is 19.6 Å². The standard InChI is InChI=1S/C17H18FNO2S/c1-17(21-2,14-5-3-4-6-15(14)18)12-19-16(20)8-7-13-9-10-22-11-13/h3-11H,12H2,1-2H3,(H,19,20)/b8-7+/t17-/m1/s1. The summed E-state index contributed by atoms with van der Waals surface area (Å²) in [5.41, 5.74) is 0.473. The van der Waals surface area contributed by atoms with E-state index in [1.165, 1.54) is 19.3 Å². The summed E-state index contributed by atoms with van der Waals surface area (Å²) in [5, 5.41) is 6.64. The Morgan fingerprint density at radius 1 is 1.41 bits per heavy atom. The molecular formula is C17H18FNO2S. The van der Waals surface area contributed by atoms with Crippen LogP contribution in [-0.2, 0) is 15.1 Å². The Balaban J connectivity index is 2.01. The monoisotopic (exact) mass is 319 g/mol. The normalized spacial score (nSPS) is 14.0. The van der Waals surface area contributed by atoms with Crippen LogP contribution >= 0.6 is 11.3 Å². The number of nitrogens with one attached hydrogen (secondary N) is 1. The lowest BCUT2D eigenvalue weighted by molar-refractivity contribution is -0.118. The first-order chi connectivity index (χ1) is 10.5. The molecule has 116 valence electrons. The Morgan fingerprint density at radius 2 is 2.18 bits per heavy atom. The summed E-state index contributed by atoms with van der Waals surface area (Å²) in [4.78, 5) is 11.9. The van der Waals surface area contributed by atoms with E-state index >= 15 is 0 Å². The van der Waals surface area contributed by atoms with E-state index < -0.39 is 5.60 Å². The second-order valence-corrected chi connectivity index (χ2v) is 5.80. The van der Waals surface area contributed by atoms with E-state index in [-0.39, 0.29) is 18.3 Å². The van der Waals surface area contributed by atoms with Crippen molar-refractivity contribution in [3.05, 3.63) is 64.1 Å². The van der Waals surface area contributed by atoms with Crippen LogP contribution in [0, 0.1) is 5.82 Å². The molecule has 1 N–H and O–H groups in total. The predicted molar refractivity (Wildman–Crippen MR) is 87.1 cm³/mol. The third-order valence-electron chi connectivity index (χ3n) is 3.46. The molecule has 0 bridgehead atoms. The van der Waals surface area contributed by atoms with Crippen molar-refractivity contribution in [2.45, 2.75) is 12.5 Å². The van der Waals surface area contributed by atoms with E-state index in [1.807, 2.05) is 16.8 Å². The van der Waals surface area contributed by atoms with Gasteiger partial charge in [0, 0.05) is 18.7 Å². The minimum absolute atomic E-state index is 0.178. The summed E-state index contributed by atoms with van der Waals surface area (Å²) >= 11 is 1.57. The first kappa shape index (κ1) is 16.4. The van der Waals surface area contributed by atoms with Gasteiger partial charge in [0.1, 0.15) is 11.4 Å². The quantitative estimate of drug-likeness (QED) is 0.827. The lowest BCUT2D eigenvalue weighted by atomic mass is 9.95. The van der Waals surface area contributed by atoms with Crippen LogP contribution in [0.2, 0.25) is 0 Å². The number of halogens is 1. The van der Waals surface area contributed by atoms with Crippen molar-refractivity contribution in [3.8, 4) is 0 Å². The number of thiophene rings is 1. The number of ether oxygens (including phenoxy) is 1.